The van der Waals surface area contributed by atoms with Gasteiger partial charge in [-0.05, 0) is 69.5 Å². The third-order valence-corrected chi connectivity index (χ3v) is 4.27. The first-order chi connectivity index (χ1) is 12.8. The number of ether oxygens (including phenoxy) is 1. The average Bonchev–Trinajstić information content (AvgIpc) is 2.62. The van der Waals surface area contributed by atoms with E-state index in [9.17, 15) is 9.59 Å². The number of anilines is 1. The van der Waals surface area contributed by atoms with E-state index in [4.69, 9.17) is 4.74 Å². The number of nitrogens with one attached hydrogen (secondary N) is 2. The van der Waals surface area contributed by atoms with E-state index in [0.717, 1.165) is 5.56 Å². The van der Waals surface area contributed by atoms with Crippen LogP contribution in [0.4, 0.5) is 5.69 Å². The minimum Gasteiger partial charge on any atom is -0.481 e. The molecule has 5 heteroatoms. The van der Waals surface area contributed by atoms with Gasteiger partial charge in [0, 0.05) is 6.04 Å². The first-order valence-electron chi connectivity index (χ1n) is 9.26. The third kappa shape index (κ3) is 5.58. The summed E-state index contributed by atoms with van der Waals surface area (Å²) in [6, 6.07) is 12.7. The maximum atomic E-state index is 12.7. The van der Waals surface area contributed by atoms with E-state index in [1.807, 2.05) is 52.8 Å². The number of hydrogen-bond acceptors (Lipinski definition) is 3. The van der Waals surface area contributed by atoms with E-state index in [1.54, 1.807) is 24.3 Å². The van der Waals surface area contributed by atoms with Crippen LogP contribution in [0, 0.1) is 13.8 Å². The zero-order chi connectivity index (χ0) is 20.0. The number of rotatable bonds is 7. The van der Waals surface area contributed by atoms with Crippen molar-refractivity contribution in [2.24, 2.45) is 0 Å². The molecular formula is C22H28N2O3. The van der Waals surface area contributed by atoms with Crippen LogP contribution in [-0.2, 0) is 4.79 Å². The predicted molar refractivity (Wildman–Crippen MR) is 108 cm³/mol. The largest absolute Gasteiger partial charge is 0.481 e. The maximum absolute atomic E-state index is 12.7. The fraction of sp³-hybridized carbons (Fsp3) is 0.364. The van der Waals surface area contributed by atoms with Gasteiger partial charge in [-0.3, -0.25) is 9.59 Å². The first kappa shape index (κ1) is 20.5. The lowest BCUT2D eigenvalue weighted by Gasteiger charge is -2.19. The smallest absolute Gasteiger partial charge is 0.265 e. The van der Waals surface area contributed by atoms with Crippen molar-refractivity contribution in [1.29, 1.82) is 0 Å². The third-order valence-electron chi connectivity index (χ3n) is 4.27. The SMILES string of the molecule is CC[C@H](Oc1ccc(C)c(C)c1)C(=O)Nc1ccccc1C(=O)NC(C)C. The van der Waals surface area contributed by atoms with Crippen molar-refractivity contribution in [2.75, 3.05) is 5.32 Å². The second-order valence-corrected chi connectivity index (χ2v) is 6.92. The van der Waals surface area contributed by atoms with Crippen molar-refractivity contribution in [3.63, 3.8) is 0 Å². The number of aryl methyl sites for hydroxylation is 2. The summed E-state index contributed by atoms with van der Waals surface area (Å²) in [7, 11) is 0. The molecule has 2 aromatic carbocycles. The highest BCUT2D eigenvalue weighted by atomic mass is 16.5. The molecule has 2 aromatic rings. The standard InChI is InChI=1S/C22H28N2O3/c1-6-20(27-17-12-11-15(4)16(5)13-17)22(26)24-19-10-8-7-9-18(19)21(25)23-14(2)3/h7-14,20H,6H2,1-5H3,(H,23,25)(H,24,26)/t20-/m0/s1. The molecule has 2 amide bonds. The Hall–Kier alpha value is -2.82. The average molecular weight is 368 g/mol. The Morgan fingerprint density at radius 3 is 2.37 bits per heavy atom. The van der Waals surface area contributed by atoms with Gasteiger partial charge in [0.2, 0.25) is 0 Å². The molecule has 2 rings (SSSR count). The summed E-state index contributed by atoms with van der Waals surface area (Å²) in [5.41, 5.74) is 3.19. The van der Waals surface area contributed by atoms with Crippen LogP contribution >= 0.6 is 0 Å². The molecule has 0 unspecified atom stereocenters. The van der Waals surface area contributed by atoms with Crippen molar-refractivity contribution < 1.29 is 14.3 Å². The summed E-state index contributed by atoms with van der Waals surface area (Å²) < 4.78 is 5.89. The van der Waals surface area contributed by atoms with Crippen molar-refractivity contribution >= 4 is 17.5 Å². The fourth-order valence-electron chi connectivity index (χ4n) is 2.62. The van der Waals surface area contributed by atoms with Gasteiger partial charge >= 0.3 is 0 Å². The van der Waals surface area contributed by atoms with Gasteiger partial charge in [0.1, 0.15) is 5.75 Å². The first-order valence-corrected chi connectivity index (χ1v) is 9.26. The lowest BCUT2D eigenvalue weighted by molar-refractivity contribution is -0.122. The van der Waals surface area contributed by atoms with Crippen LogP contribution in [0.25, 0.3) is 0 Å². The van der Waals surface area contributed by atoms with Crippen LogP contribution < -0.4 is 15.4 Å². The van der Waals surface area contributed by atoms with E-state index in [2.05, 4.69) is 10.6 Å². The second kappa shape index (κ2) is 9.21. The number of hydrogen-bond donors (Lipinski definition) is 2. The van der Waals surface area contributed by atoms with E-state index in [1.165, 1.54) is 5.56 Å². The highest BCUT2D eigenvalue weighted by Crippen LogP contribution is 2.20. The molecule has 144 valence electrons. The highest BCUT2D eigenvalue weighted by Gasteiger charge is 2.21. The summed E-state index contributed by atoms with van der Waals surface area (Å²) in [5, 5.41) is 5.68. The van der Waals surface area contributed by atoms with Gasteiger partial charge in [0.25, 0.3) is 11.8 Å². The Kier molecular flexibility index (Phi) is 6.99. The Labute approximate surface area is 161 Å². The van der Waals surface area contributed by atoms with Crippen LogP contribution in [0.3, 0.4) is 0 Å². The lowest BCUT2D eigenvalue weighted by Crippen LogP contribution is -2.34. The summed E-state index contributed by atoms with van der Waals surface area (Å²) >= 11 is 0. The molecule has 0 spiro atoms. The zero-order valence-electron chi connectivity index (χ0n) is 16.6. The van der Waals surface area contributed by atoms with Gasteiger partial charge in [-0.15, -0.1) is 0 Å². The molecule has 27 heavy (non-hydrogen) atoms. The van der Waals surface area contributed by atoms with Gasteiger partial charge < -0.3 is 15.4 Å². The number of carbonyl (C=O) groups is 2. The molecule has 0 aliphatic heterocycles. The molecule has 0 fully saturated rings. The van der Waals surface area contributed by atoms with Crippen molar-refractivity contribution in [1.82, 2.24) is 5.32 Å². The Morgan fingerprint density at radius 1 is 1.04 bits per heavy atom. The molecule has 1 atom stereocenters. The van der Waals surface area contributed by atoms with Crippen LogP contribution in [0.5, 0.6) is 5.75 Å². The highest BCUT2D eigenvalue weighted by molar-refractivity contribution is 6.04. The van der Waals surface area contributed by atoms with Crippen LogP contribution in [0.15, 0.2) is 42.5 Å². The lowest BCUT2D eigenvalue weighted by atomic mass is 10.1. The molecule has 0 saturated carbocycles. The minimum atomic E-state index is -0.645. The number of benzene rings is 2. The molecule has 0 aliphatic carbocycles. The molecule has 2 N–H and O–H groups in total. The minimum absolute atomic E-state index is 0.0118. The maximum Gasteiger partial charge on any atom is 0.265 e. The zero-order valence-corrected chi connectivity index (χ0v) is 16.6. The summed E-state index contributed by atoms with van der Waals surface area (Å²) in [6.07, 6.45) is -0.132. The number of carbonyl (C=O) groups excluding carboxylic acids is 2. The molecule has 0 bridgehead atoms. The summed E-state index contributed by atoms with van der Waals surface area (Å²) in [5.74, 6) is 0.162. The van der Waals surface area contributed by atoms with Gasteiger partial charge in [-0.2, -0.15) is 0 Å². The molecule has 0 aromatic heterocycles. The molecule has 0 aliphatic rings. The number of para-hydroxylation sites is 1. The van der Waals surface area contributed by atoms with Gasteiger partial charge in [0.15, 0.2) is 6.10 Å². The van der Waals surface area contributed by atoms with E-state index < -0.39 is 6.10 Å². The molecule has 5 nitrogen and oxygen atoms in total. The van der Waals surface area contributed by atoms with Crippen LogP contribution in [0.2, 0.25) is 0 Å². The van der Waals surface area contributed by atoms with Crippen molar-refractivity contribution in [3.05, 3.63) is 59.2 Å². The molecule has 0 radical (unpaired) electrons. The van der Waals surface area contributed by atoms with Crippen molar-refractivity contribution in [2.45, 2.75) is 53.2 Å². The van der Waals surface area contributed by atoms with E-state index in [0.29, 0.717) is 23.4 Å². The Balaban J connectivity index is 2.15. The normalized spacial score (nSPS) is 11.8. The Morgan fingerprint density at radius 2 is 1.74 bits per heavy atom. The summed E-state index contributed by atoms with van der Waals surface area (Å²) in [6.45, 7) is 9.71. The van der Waals surface area contributed by atoms with Crippen molar-refractivity contribution in [3.8, 4) is 5.75 Å². The quantitative estimate of drug-likeness (QED) is 0.768. The van der Waals surface area contributed by atoms with Gasteiger partial charge in [-0.1, -0.05) is 25.1 Å². The monoisotopic (exact) mass is 368 g/mol. The number of amides is 2. The van der Waals surface area contributed by atoms with E-state index >= 15 is 0 Å². The molecule has 0 saturated heterocycles. The topological polar surface area (TPSA) is 67.4 Å². The summed E-state index contributed by atoms with van der Waals surface area (Å²) in [4.78, 5) is 25.1. The molecule has 0 heterocycles. The Bertz CT molecular complexity index is 815. The predicted octanol–water partition coefficient (Wildman–Crippen LogP) is 4.24. The molecular weight excluding hydrogens is 340 g/mol. The second-order valence-electron chi connectivity index (χ2n) is 6.92. The van der Waals surface area contributed by atoms with Crippen LogP contribution in [-0.4, -0.2) is 24.0 Å². The van der Waals surface area contributed by atoms with Gasteiger partial charge in [0.05, 0.1) is 11.3 Å². The fourth-order valence-corrected chi connectivity index (χ4v) is 2.62. The van der Waals surface area contributed by atoms with E-state index in [-0.39, 0.29) is 17.9 Å². The van der Waals surface area contributed by atoms with Gasteiger partial charge in [-0.25, -0.2) is 0 Å². The van der Waals surface area contributed by atoms with Crippen LogP contribution in [0.1, 0.15) is 48.7 Å².